The molecular weight excluding hydrogens is 354 g/mol. The van der Waals surface area contributed by atoms with Gasteiger partial charge in [0.1, 0.15) is 17.6 Å². The fourth-order valence-electron chi connectivity index (χ4n) is 3.22. The highest BCUT2D eigenvalue weighted by Gasteiger charge is 2.37. The van der Waals surface area contributed by atoms with Gasteiger partial charge in [0.05, 0.1) is 0 Å². The van der Waals surface area contributed by atoms with Crippen molar-refractivity contribution in [1.29, 1.82) is 0 Å². The Morgan fingerprint density at radius 3 is 2.54 bits per heavy atom. The molecule has 0 unspecified atom stereocenters. The Labute approximate surface area is 162 Å². The Balaban J connectivity index is 1.89. The second kappa shape index (κ2) is 6.84. The van der Waals surface area contributed by atoms with Crippen LogP contribution in [0, 0.1) is 20.8 Å². The molecule has 1 aliphatic heterocycles. The van der Waals surface area contributed by atoms with E-state index < -0.39 is 5.91 Å². The maximum atomic E-state index is 11.3. The highest BCUT2D eigenvalue weighted by Crippen LogP contribution is 2.25. The summed E-state index contributed by atoms with van der Waals surface area (Å²) in [5.74, 6) is 2.36. The van der Waals surface area contributed by atoms with Crippen LogP contribution in [0.5, 0.6) is 0 Å². The molecule has 0 atom stereocenters. The Morgan fingerprint density at radius 1 is 1.14 bits per heavy atom. The quantitative estimate of drug-likeness (QED) is 0.707. The Bertz CT molecular complexity index is 1140. The molecule has 7 heteroatoms. The van der Waals surface area contributed by atoms with Crippen molar-refractivity contribution in [2.45, 2.75) is 27.3 Å². The van der Waals surface area contributed by atoms with Gasteiger partial charge in [0, 0.05) is 0 Å². The van der Waals surface area contributed by atoms with Crippen molar-refractivity contribution in [2.24, 2.45) is 15.7 Å². The Morgan fingerprint density at radius 2 is 1.89 bits per heavy atom. The number of rotatable bonds is 4. The van der Waals surface area contributed by atoms with Crippen molar-refractivity contribution in [2.75, 3.05) is 0 Å². The fraction of sp³-hybridized carbons (Fsp3) is 0.190. The zero-order valence-electron chi connectivity index (χ0n) is 16.0. The summed E-state index contributed by atoms with van der Waals surface area (Å²) in [7, 11) is 0. The molecule has 0 saturated carbocycles. The van der Waals surface area contributed by atoms with Crippen LogP contribution < -0.4 is 14.9 Å². The molecule has 28 heavy (non-hydrogen) atoms. The lowest BCUT2D eigenvalue weighted by molar-refractivity contribution is -0.701. The summed E-state index contributed by atoms with van der Waals surface area (Å²) in [6.07, 6.45) is 5.38. The number of benzene rings is 1. The van der Waals surface area contributed by atoms with Gasteiger partial charge in [0.15, 0.2) is 5.76 Å². The van der Waals surface area contributed by atoms with E-state index in [1.165, 1.54) is 0 Å². The predicted molar refractivity (Wildman–Crippen MR) is 104 cm³/mol. The average molecular weight is 375 g/mol. The molecule has 3 heterocycles. The minimum atomic E-state index is -0.414. The van der Waals surface area contributed by atoms with E-state index in [1.54, 1.807) is 17.0 Å². The maximum Gasteiger partial charge on any atom is 0.333 e. The van der Waals surface area contributed by atoms with Gasteiger partial charge in [-0.15, -0.1) is 0 Å². The van der Waals surface area contributed by atoms with Crippen LogP contribution in [0.25, 0.3) is 0 Å². The highest BCUT2D eigenvalue weighted by atomic mass is 16.3. The lowest BCUT2D eigenvalue weighted by atomic mass is 10.1. The summed E-state index contributed by atoms with van der Waals surface area (Å²) in [5, 5.41) is 0. The molecule has 1 amide bonds. The van der Waals surface area contributed by atoms with Crippen LogP contribution in [0.15, 0.2) is 63.3 Å². The van der Waals surface area contributed by atoms with Gasteiger partial charge in [-0.25, -0.2) is 0 Å². The summed E-state index contributed by atoms with van der Waals surface area (Å²) < 4.78 is 9.40. The summed E-state index contributed by atoms with van der Waals surface area (Å²) in [5.41, 5.74) is 9.02. The number of para-hydroxylation sites is 1. The largest absolute Gasteiger partial charge is 0.458 e. The molecule has 2 aromatic heterocycles. The standard InChI is InChI=1S/C21H20N5O2/c1-13-5-4-6-14(2)19(13)24-21-20(16-8-7-15(3)28-16)23-18-12-25(11-17(22)27)9-10-26(18)21/h4-10,12H,11H2,1-3H3,(H-,22,27)/q+1/p+1. The van der Waals surface area contributed by atoms with Gasteiger partial charge < -0.3 is 10.2 Å². The fourth-order valence-corrected chi connectivity index (χ4v) is 3.22. The van der Waals surface area contributed by atoms with Crippen molar-refractivity contribution in [3.8, 4) is 0 Å². The second-order valence-electron chi connectivity index (χ2n) is 6.84. The second-order valence-corrected chi connectivity index (χ2v) is 6.84. The smallest absolute Gasteiger partial charge is 0.333 e. The molecule has 1 aliphatic rings. The SMILES string of the molecule is Cc1ccc(C2=Nc3c[n+](CC(N)=O)cc[n+]3C2=Nc2c(C)cccc2C)o1. The van der Waals surface area contributed by atoms with E-state index >= 15 is 0 Å². The van der Waals surface area contributed by atoms with Gasteiger partial charge in [-0.2, -0.15) is 9.13 Å². The van der Waals surface area contributed by atoms with Crippen molar-refractivity contribution < 1.29 is 18.3 Å². The van der Waals surface area contributed by atoms with Gasteiger partial charge in [-0.05, 0) is 44.0 Å². The van der Waals surface area contributed by atoms with Gasteiger partial charge in [-0.3, -0.25) is 4.79 Å². The molecule has 140 valence electrons. The van der Waals surface area contributed by atoms with Crippen molar-refractivity contribution >= 4 is 29.0 Å². The first-order chi connectivity index (χ1) is 13.4. The molecule has 0 fully saturated rings. The van der Waals surface area contributed by atoms with Gasteiger partial charge >= 0.3 is 11.7 Å². The van der Waals surface area contributed by atoms with E-state index in [4.69, 9.17) is 20.1 Å². The molecule has 3 aromatic rings. The number of aliphatic imine (C=N–C) groups is 2. The van der Waals surface area contributed by atoms with E-state index in [2.05, 4.69) is 0 Å². The summed E-state index contributed by atoms with van der Waals surface area (Å²) in [4.78, 5) is 20.9. The van der Waals surface area contributed by atoms with E-state index in [0.717, 1.165) is 22.6 Å². The molecule has 7 nitrogen and oxygen atoms in total. The number of hydrogen-bond donors (Lipinski definition) is 1. The lowest BCUT2D eigenvalue weighted by Gasteiger charge is -2.02. The summed E-state index contributed by atoms with van der Waals surface area (Å²) >= 11 is 0. The van der Waals surface area contributed by atoms with E-state index in [9.17, 15) is 4.79 Å². The maximum absolute atomic E-state index is 11.3. The summed E-state index contributed by atoms with van der Waals surface area (Å²) in [6, 6.07) is 9.87. The zero-order valence-corrected chi connectivity index (χ0v) is 16.0. The molecule has 0 spiro atoms. The van der Waals surface area contributed by atoms with E-state index in [-0.39, 0.29) is 6.54 Å². The number of hydrogen-bond acceptors (Lipinski definition) is 4. The average Bonchev–Trinajstić information content (AvgIpc) is 3.21. The number of nitrogens with two attached hydrogens (primary N) is 1. The third kappa shape index (κ3) is 3.22. The Kier molecular flexibility index (Phi) is 4.35. The number of carbonyl (C=O) groups is 1. The first kappa shape index (κ1) is 17.8. The first-order valence-electron chi connectivity index (χ1n) is 8.96. The third-order valence-electron chi connectivity index (χ3n) is 4.57. The van der Waals surface area contributed by atoms with Gasteiger partial charge in [-0.1, -0.05) is 28.2 Å². The number of aromatic nitrogens is 2. The predicted octanol–water partition coefficient (Wildman–Crippen LogP) is 1.98. The molecule has 0 aliphatic carbocycles. The van der Waals surface area contributed by atoms with Crippen LogP contribution in [0.3, 0.4) is 0 Å². The number of amides is 1. The van der Waals surface area contributed by atoms with Crippen LogP contribution >= 0.6 is 0 Å². The molecule has 0 bridgehead atoms. The monoisotopic (exact) mass is 375 g/mol. The van der Waals surface area contributed by atoms with Crippen molar-refractivity contribution in [3.05, 3.63) is 71.6 Å². The third-order valence-corrected chi connectivity index (χ3v) is 4.57. The van der Waals surface area contributed by atoms with Crippen LogP contribution in [0.1, 0.15) is 22.6 Å². The molecule has 2 N–H and O–H groups in total. The number of carbonyl (C=O) groups excluding carboxylic acids is 1. The molecule has 4 rings (SSSR count). The van der Waals surface area contributed by atoms with Crippen molar-refractivity contribution in [1.82, 2.24) is 0 Å². The number of furan rings is 1. The highest BCUT2D eigenvalue weighted by molar-refractivity contribution is 6.45. The van der Waals surface area contributed by atoms with E-state index in [0.29, 0.717) is 23.1 Å². The normalized spacial score (nSPS) is 14.2. The molecular formula is C21H21N5O2+2. The number of fused-ring (bicyclic) bond motifs is 1. The zero-order chi connectivity index (χ0) is 19.8. The Hall–Kier alpha value is -3.61. The van der Waals surface area contributed by atoms with Crippen LogP contribution in [-0.4, -0.2) is 17.5 Å². The molecule has 0 radical (unpaired) electrons. The topological polar surface area (TPSA) is 88.7 Å². The van der Waals surface area contributed by atoms with Crippen LogP contribution in [0.4, 0.5) is 11.5 Å². The lowest BCUT2D eigenvalue weighted by Crippen LogP contribution is -2.48. The first-order valence-corrected chi connectivity index (χ1v) is 8.96. The van der Waals surface area contributed by atoms with Gasteiger partial charge in [0.2, 0.25) is 18.9 Å². The van der Waals surface area contributed by atoms with Crippen LogP contribution in [-0.2, 0) is 11.3 Å². The van der Waals surface area contributed by atoms with E-state index in [1.807, 2.05) is 61.9 Å². The number of aryl methyl sites for hydroxylation is 3. The van der Waals surface area contributed by atoms with Crippen molar-refractivity contribution in [3.63, 3.8) is 0 Å². The van der Waals surface area contributed by atoms with Gasteiger partial charge in [0.25, 0.3) is 11.6 Å². The summed E-state index contributed by atoms with van der Waals surface area (Å²) in [6.45, 7) is 6.05. The minimum Gasteiger partial charge on any atom is -0.458 e. The molecule has 1 aromatic carbocycles. The minimum absolute atomic E-state index is 0.0852. The number of nitrogens with zero attached hydrogens (tertiary/aromatic N) is 4. The number of primary amides is 1. The van der Waals surface area contributed by atoms with Crippen LogP contribution in [0.2, 0.25) is 0 Å². The molecule has 0 saturated heterocycles.